The fraction of sp³-hybridized carbons (Fsp3) is 0.500. The first-order chi connectivity index (χ1) is 18.0. The first-order valence-electron chi connectivity index (χ1n) is 11.6. The quantitative estimate of drug-likeness (QED) is 0.256. The summed E-state index contributed by atoms with van der Waals surface area (Å²) >= 11 is 4.89. The van der Waals surface area contributed by atoms with Gasteiger partial charge in [0.25, 0.3) is 17.0 Å². The minimum atomic E-state index is -1.34. The summed E-state index contributed by atoms with van der Waals surface area (Å²) in [6, 6.07) is 2.29. The van der Waals surface area contributed by atoms with Gasteiger partial charge in [0.05, 0.1) is 25.5 Å². The predicted octanol–water partition coefficient (Wildman–Crippen LogP) is 0.241. The number of carbonyl (C=O) groups excluding carboxylic acids is 2. The minimum Gasteiger partial charge on any atom is -0.474 e. The molecule has 0 spiro atoms. The lowest BCUT2D eigenvalue weighted by Gasteiger charge is -2.37. The molecule has 3 N–H and O–H groups in total. The van der Waals surface area contributed by atoms with Crippen molar-refractivity contribution in [1.82, 2.24) is 30.7 Å². The van der Waals surface area contributed by atoms with Gasteiger partial charge in [-0.2, -0.15) is 0 Å². The highest BCUT2D eigenvalue weighted by Gasteiger charge is 2.50. The van der Waals surface area contributed by atoms with Crippen molar-refractivity contribution < 1.29 is 37.8 Å². The Kier molecular flexibility index (Phi) is 8.05. The minimum absolute atomic E-state index is 0.121. The molecular formula is C22H27F2N7O6S. The number of amides is 2. The van der Waals surface area contributed by atoms with E-state index in [1.165, 1.54) is 33.3 Å². The normalized spacial score (nSPS) is 20.8. The van der Waals surface area contributed by atoms with Crippen LogP contribution in [0.3, 0.4) is 0 Å². The second kappa shape index (κ2) is 11.1. The molecule has 2 atom stereocenters. The Morgan fingerprint density at radius 1 is 1.18 bits per heavy atom. The van der Waals surface area contributed by atoms with E-state index in [1.807, 2.05) is 0 Å². The first kappa shape index (κ1) is 27.6. The number of carbonyl (C=O) groups is 2. The van der Waals surface area contributed by atoms with Crippen molar-refractivity contribution >= 4 is 34.9 Å². The molecule has 2 unspecified atom stereocenters. The van der Waals surface area contributed by atoms with Crippen LogP contribution in [0, 0.1) is 11.6 Å². The Morgan fingerprint density at radius 2 is 1.82 bits per heavy atom. The third-order valence-electron chi connectivity index (χ3n) is 6.02. The molecule has 16 heteroatoms. The van der Waals surface area contributed by atoms with Crippen LogP contribution in [0.25, 0.3) is 5.69 Å². The number of rotatable bonds is 6. The zero-order valence-corrected chi connectivity index (χ0v) is 21.6. The average molecular weight is 556 g/mol. The van der Waals surface area contributed by atoms with Crippen LogP contribution in [0.2, 0.25) is 0 Å². The lowest BCUT2D eigenvalue weighted by molar-refractivity contribution is -0.164. The number of hydrogen-bond acceptors (Lipinski definition) is 10. The lowest BCUT2D eigenvalue weighted by atomic mass is 10.1. The third kappa shape index (κ3) is 5.82. The molecule has 0 aliphatic carbocycles. The van der Waals surface area contributed by atoms with Crippen molar-refractivity contribution in [1.29, 1.82) is 0 Å². The number of hydroxylamine groups is 1. The van der Waals surface area contributed by atoms with Crippen LogP contribution >= 0.6 is 12.2 Å². The first-order valence-corrected chi connectivity index (χ1v) is 12.0. The van der Waals surface area contributed by atoms with Gasteiger partial charge in [-0.25, -0.2) is 18.9 Å². The zero-order valence-electron chi connectivity index (χ0n) is 20.8. The van der Waals surface area contributed by atoms with Crippen LogP contribution in [0.1, 0.15) is 19.5 Å². The molecule has 38 heavy (non-hydrogen) atoms. The molecule has 2 aliphatic rings. The van der Waals surface area contributed by atoms with Gasteiger partial charge in [0, 0.05) is 38.3 Å². The molecule has 1 aromatic heterocycles. The molecule has 2 aliphatic heterocycles. The van der Waals surface area contributed by atoms with Gasteiger partial charge in [0.2, 0.25) is 0 Å². The van der Waals surface area contributed by atoms with Gasteiger partial charge < -0.3 is 29.3 Å². The Hall–Kier alpha value is -3.47. The van der Waals surface area contributed by atoms with Gasteiger partial charge in [-0.05, 0) is 26.1 Å². The van der Waals surface area contributed by atoms with E-state index in [0.29, 0.717) is 5.69 Å². The maximum Gasteiger partial charge on any atom is 0.275 e. The maximum absolute atomic E-state index is 15.1. The van der Waals surface area contributed by atoms with E-state index in [2.05, 4.69) is 15.6 Å². The number of anilines is 1. The second-order valence-corrected chi connectivity index (χ2v) is 9.39. The van der Waals surface area contributed by atoms with Gasteiger partial charge in [0.15, 0.2) is 29.6 Å². The second-order valence-electron chi connectivity index (χ2n) is 9.02. The van der Waals surface area contributed by atoms with Crippen LogP contribution in [0.15, 0.2) is 18.3 Å². The lowest BCUT2D eigenvalue weighted by Crippen LogP contribution is -2.55. The molecule has 2 saturated heterocycles. The van der Waals surface area contributed by atoms with Crippen LogP contribution in [-0.2, 0) is 30.3 Å². The summed E-state index contributed by atoms with van der Waals surface area (Å²) < 4.78 is 47.3. The van der Waals surface area contributed by atoms with E-state index in [-0.39, 0.29) is 49.3 Å². The van der Waals surface area contributed by atoms with Gasteiger partial charge in [0.1, 0.15) is 11.4 Å². The van der Waals surface area contributed by atoms with E-state index < -0.39 is 41.4 Å². The monoisotopic (exact) mass is 555 g/mol. The Balaban J connectivity index is 1.42. The molecule has 13 nitrogen and oxygen atoms in total. The number of thiocarbonyl (C=S) groups is 1. The van der Waals surface area contributed by atoms with Crippen molar-refractivity contribution in [3.05, 3.63) is 35.7 Å². The van der Waals surface area contributed by atoms with E-state index in [4.69, 9.17) is 31.6 Å². The molecule has 0 bridgehead atoms. The van der Waals surface area contributed by atoms with Gasteiger partial charge in [-0.1, -0.05) is 5.21 Å². The summed E-state index contributed by atoms with van der Waals surface area (Å²) in [5.41, 5.74) is 1.86. The van der Waals surface area contributed by atoms with Gasteiger partial charge in [-0.15, -0.1) is 5.10 Å². The van der Waals surface area contributed by atoms with E-state index in [0.717, 1.165) is 12.1 Å². The highest BCUT2D eigenvalue weighted by molar-refractivity contribution is 7.80. The third-order valence-corrected chi connectivity index (χ3v) is 6.33. The molecule has 0 saturated carbocycles. The molecule has 2 amide bonds. The summed E-state index contributed by atoms with van der Waals surface area (Å²) in [7, 11) is 1.42. The van der Waals surface area contributed by atoms with Crippen molar-refractivity contribution in [2.75, 3.05) is 38.2 Å². The average Bonchev–Trinajstić information content (AvgIpc) is 3.50. The van der Waals surface area contributed by atoms with Crippen molar-refractivity contribution in [2.24, 2.45) is 0 Å². The fourth-order valence-electron chi connectivity index (χ4n) is 4.25. The molecule has 2 aromatic rings. The SMILES string of the molecule is COC(=S)NCc1cn(-c2cc(F)c(N3CCN(C(=O)C4OC(C)(C)OC4C(=O)NO)CC3)c(F)c2)nn1. The number of benzene rings is 1. The summed E-state index contributed by atoms with van der Waals surface area (Å²) in [5, 5.41) is 19.8. The number of nitrogens with one attached hydrogen (secondary N) is 2. The van der Waals surface area contributed by atoms with Crippen LogP contribution in [0.4, 0.5) is 14.5 Å². The van der Waals surface area contributed by atoms with E-state index in [9.17, 15) is 9.59 Å². The number of ether oxygens (including phenoxy) is 3. The number of piperazine rings is 1. The summed E-state index contributed by atoms with van der Waals surface area (Å²) in [6.45, 7) is 3.81. The Morgan fingerprint density at radius 3 is 2.42 bits per heavy atom. The van der Waals surface area contributed by atoms with E-state index in [1.54, 1.807) is 13.8 Å². The number of nitrogens with zero attached hydrogens (tertiary/aromatic N) is 5. The number of aromatic nitrogens is 3. The van der Waals surface area contributed by atoms with Crippen molar-refractivity contribution in [2.45, 2.75) is 38.4 Å². The zero-order chi connectivity index (χ0) is 27.6. The van der Waals surface area contributed by atoms with Crippen LogP contribution in [-0.4, -0.2) is 93.4 Å². The number of halogens is 2. The molecular weight excluding hydrogens is 528 g/mol. The van der Waals surface area contributed by atoms with E-state index >= 15 is 8.78 Å². The Bertz CT molecular complexity index is 1200. The molecule has 3 heterocycles. The van der Waals surface area contributed by atoms with Crippen LogP contribution < -0.4 is 15.7 Å². The Labute approximate surface area is 221 Å². The predicted molar refractivity (Wildman–Crippen MR) is 130 cm³/mol. The van der Waals surface area contributed by atoms with Gasteiger partial charge in [-0.3, -0.25) is 14.8 Å². The molecule has 0 radical (unpaired) electrons. The smallest absolute Gasteiger partial charge is 0.275 e. The summed E-state index contributed by atoms with van der Waals surface area (Å²) in [5.74, 6) is -4.26. The number of hydrogen-bond donors (Lipinski definition) is 3. The summed E-state index contributed by atoms with van der Waals surface area (Å²) in [4.78, 5) is 27.9. The molecule has 4 rings (SSSR count). The fourth-order valence-corrected chi connectivity index (χ4v) is 4.33. The summed E-state index contributed by atoms with van der Waals surface area (Å²) in [6.07, 6.45) is -1.11. The maximum atomic E-state index is 15.1. The molecule has 1 aromatic carbocycles. The van der Waals surface area contributed by atoms with Crippen LogP contribution in [0.5, 0.6) is 0 Å². The largest absolute Gasteiger partial charge is 0.474 e. The topological polar surface area (TPSA) is 143 Å². The standard InChI is InChI=1S/C22H27F2N7O6S/c1-22(2)36-17(19(32)27-34)18(37-22)20(33)30-6-4-29(5-7-30)16-14(23)8-13(9-15(16)24)31-11-12(26-28-31)10-25-21(38)35-3/h8-9,11,17-18,34H,4-7,10H2,1-3H3,(H,25,38)(H,27,32). The molecule has 2 fully saturated rings. The highest BCUT2D eigenvalue weighted by Crippen LogP contribution is 2.31. The number of methoxy groups -OCH3 is 1. The van der Waals surface area contributed by atoms with Crippen molar-refractivity contribution in [3.8, 4) is 5.69 Å². The van der Waals surface area contributed by atoms with Crippen molar-refractivity contribution in [3.63, 3.8) is 0 Å². The highest BCUT2D eigenvalue weighted by atomic mass is 32.1. The molecule has 206 valence electrons. The van der Waals surface area contributed by atoms with Gasteiger partial charge >= 0.3 is 0 Å².